The van der Waals surface area contributed by atoms with E-state index in [9.17, 15) is 14.7 Å². The van der Waals surface area contributed by atoms with Crippen molar-refractivity contribution in [3.63, 3.8) is 0 Å². The van der Waals surface area contributed by atoms with Crippen molar-refractivity contribution in [3.05, 3.63) is 87.3 Å². The van der Waals surface area contributed by atoms with Crippen LogP contribution in [0.2, 0.25) is 0 Å². The number of benzene rings is 3. The summed E-state index contributed by atoms with van der Waals surface area (Å²) in [6.07, 6.45) is 0.384. The molecule has 1 aromatic heterocycles. The molecular weight excluding hydrogens is 472 g/mol. The Kier molecular flexibility index (Phi) is 6.70. The van der Waals surface area contributed by atoms with Crippen LogP contribution in [0.15, 0.2) is 64.4 Å². The van der Waals surface area contributed by atoms with Gasteiger partial charge in [0.15, 0.2) is 0 Å². The van der Waals surface area contributed by atoms with Gasteiger partial charge in [-0.3, -0.25) is 10.1 Å². The molecule has 9 nitrogen and oxygen atoms in total. The van der Waals surface area contributed by atoms with E-state index >= 15 is 0 Å². The Morgan fingerprint density at radius 3 is 2.68 bits per heavy atom. The second-order valence-corrected chi connectivity index (χ2v) is 8.63. The Morgan fingerprint density at radius 2 is 1.92 bits per heavy atom. The zero-order chi connectivity index (χ0) is 25.9. The van der Waals surface area contributed by atoms with Crippen molar-refractivity contribution in [3.8, 4) is 16.9 Å². The maximum absolute atomic E-state index is 12.2. The number of aliphatic hydroxyl groups excluding tert-OH is 1. The van der Waals surface area contributed by atoms with Crippen molar-refractivity contribution in [1.29, 1.82) is 0 Å². The number of fused-ring (bicyclic) bond motifs is 2. The molecule has 0 spiro atoms. The number of carbonyl (C=O) groups is 1. The molecule has 2 heterocycles. The number of hydrogen-bond acceptors (Lipinski definition) is 7. The first-order chi connectivity index (χ1) is 18.0. The summed E-state index contributed by atoms with van der Waals surface area (Å²) in [4.78, 5) is 28.6. The number of amidine groups is 1. The van der Waals surface area contributed by atoms with E-state index < -0.39 is 6.09 Å². The number of ether oxygens (including phenoxy) is 2. The molecule has 0 saturated heterocycles. The van der Waals surface area contributed by atoms with Crippen molar-refractivity contribution in [1.82, 2.24) is 15.5 Å². The largest absolute Gasteiger partial charge is 0.496 e. The predicted octanol–water partition coefficient (Wildman–Crippen LogP) is 4.01. The average molecular weight is 499 g/mol. The number of aliphatic imine (C=N–C) groups is 1. The molecule has 1 aliphatic heterocycles. The van der Waals surface area contributed by atoms with Gasteiger partial charge in [-0.25, -0.2) is 14.9 Å². The molecule has 9 heteroatoms. The van der Waals surface area contributed by atoms with E-state index in [2.05, 4.69) is 20.5 Å². The molecular formula is C28H26N4O5. The van der Waals surface area contributed by atoms with Gasteiger partial charge < -0.3 is 14.6 Å². The monoisotopic (exact) mass is 498 g/mol. The van der Waals surface area contributed by atoms with Crippen molar-refractivity contribution in [2.24, 2.45) is 4.99 Å². The van der Waals surface area contributed by atoms with Gasteiger partial charge in [-0.15, -0.1) is 0 Å². The third-order valence-corrected chi connectivity index (χ3v) is 6.36. The number of carbonyl (C=O) groups excluding carboxylic acids is 1. The van der Waals surface area contributed by atoms with Crippen LogP contribution in [0.1, 0.15) is 29.3 Å². The van der Waals surface area contributed by atoms with Crippen LogP contribution in [-0.4, -0.2) is 40.9 Å². The zero-order valence-corrected chi connectivity index (χ0v) is 20.5. The average Bonchev–Trinajstić information content (AvgIpc) is 3.31. The topological polar surface area (TPSA) is 126 Å². The van der Waals surface area contributed by atoms with Gasteiger partial charge in [0.05, 0.1) is 37.1 Å². The van der Waals surface area contributed by atoms with E-state index in [-0.39, 0.29) is 18.8 Å². The van der Waals surface area contributed by atoms with Crippen molar-refractivity contribution in [2.45, 2.75) is 26.4 Å². The van der Waals surface area contributed by atoms with Crippen molar-refractivity contribution >= 4 is 28.4 Å². The number of alkyl carbamates (subject to hydrolysis) is 1. The van der Waals surface area contributed by atoms with Gasteiger partial charge >= 0.3 is 6.09 Å². The summed E-state index contributed by atoms with van der Waals surface area (Å²) < 4.78 is 10.6. The van der Waals surface area contributed by atoms with E-state index in [1.54, 1.807) is 20.1 Å². The van der Waals surface area contributed by atoms with Gasteiger partial charge in [-0.1, -0.05) is 30.3 Å². The Balaban J connectivity index is 1.53. The highest BCUT2D eigenvalue weighted by Gasteiger charge is 2.20. The first-order valence-corrected chi connectivity index (χ1v) is 11.9. The molecule has 0 bridgehead atoms. The number of nitrogens with one attached hydrogen (secondary N) is 2. The third-order valence-electron chi connectivity index (χ3n) is 6.36. The molecule has 0 atom stereocenters. The molecule has 5 rings (SSSR count). The molecule has 1 amide bonds. The molecule has 0 saturated carbocycles. The summed E-state index contributed by atoms with van der Waals surface area (Å²) in [6.45, 7) is 1.85. The fourth-order valence-electron chi connectivity index (χ4n) is 4.57. The van der Waals surface area contributed by atoms with Gasteiger partial charge in [0, 0.05) is 23.8 Å². The number of rotatable bonds is 6. The maximum atomic E-state index is 12.2. The first kappa shape index (κ1) is 24.2. The highest BCUT2D eigenvalue weighted by atomic mass is 16.5. The third kappa shape index (κ3) is 4.81. The number of aliphatic hydroxyl groups is 1. The molecule has 0 fully saturated rings. The predicted molar refractivity (Wildman–Crippen MR) is 140 cm³/mol. The standard InChI is InChI=1S/C28H26N4O5/c1-3-37-28(35)30-26-14-17-9-8-16(11-23(17)29-26)22-10-18(19(15-33)13-25(22)36-2)12-24-20-6-4-5-7-21(20)27(34)32-31-24/h4-11,13,33H,3,12,14-15H2,1-2H3,(H,32,34)(H,29,30,35). The highest BCUT2D eigenvalue weighted by Crippen LogP contribution is 2.38. The molecule has 1 aliphatic rings. The van der Waals surface area contributed by atoms with Gasteiger partial charge in [0.25, 0.3) is 5.56 Å². The van der Waals surface area contributed by atoms with Crippen LogP contribution in [0.25, 0.3) is 21.9 Å². The van der Waals surface area contributed by atoms with E-state index in [0.717, 1.165) is 33.3 Å². The van der Waals surface area contributed by atoms with Crippen LogP contribution >= 0.6 is 0 Å². The quantitative estimate of drug-likeness (QED) is 0.369. The number of nitrogens with zero attached hydrogens (tertiary/aromatic N) is 2. The van der Waals surface area contributed by atoms with Crippen LogP contribution in [0, 0.1) is 0 Å². The minimum absolute atomic E-state index is 0.176. The van der Waals surface area contributed by atoms with Gasteiger partial charge in [0.2, 0.25) is 0 Å². The lowest BCUT2D eigenvalue weighted by Crippen LogP contribution is -2.30. The van der Waals surface area contributed by atoms with Gasteiger partial charge in [-0.2, -0.15) is 5.10 Å². The summed E-state index contributed by atoms with van der Waals surface area (Å²) >= 11 is 0. The van der Waals surface area contributed by atoms with Gasteiger partial charge in [-0.05, 0) is 53.4 Å². The molecule has 0 unspecified atom stereocenters. The minimum Gasteiger partial charge on any atom is -0.496 e. The number of aromatic nitrogens is 2. The highest BCUT2D eigenvalue weighted by molar-refractivity contribution is 6.01. The Hall–Kier alpha value is -4.50. The summed E-state index contributed by atoms with van der Waals surface area (Å²) in [5.74, 6) is 1.14. The van der Waals surface area contributed by atoms with Crippen LogP contribution in [0.5, 0.6) is 5.75 Å². The smallest absolute Gasteiger partial charge is 0.412 e. The van der Waals surface area contributed by atoms with Crippen LogP contribution in [-0.2, 0) is 24.2 Å². The van der Waals surface area contributed by atoms with E-state index in [1.165, 1.54) is 0 Å². The molecule has 4 aromatic rings. The fourth-order valence-corrected chi connectivity index (χ4v) is 4.57. The fraction of sp³-hybridized carbons (Fsp3) is 0.214. The van der Waals surface area contributed by atoms with Crippen molar-refractivity contribution in [2.75, 3.05) is 13.7 Å². The summed E-state index contributed by atoms with van der Waals surface area (Å²) in [5.41, 5.74) is 5.48. The summed E-state index contributed by atoms with van der Waals surface area (Å²) in [6, 6.07) is 17.0. The number of H-pyrrole nitrogens is 1. The Morgan fingerprint density at radius 1 is 1.11 bits per heavy atom. The van der Waals surface area contributed by atoms with E-state index in [4.69, 9.17) is 9.47 Å². The molecule has 37 heavy (non-hydrogen) atoms. The maximum Gasteiger partial charge on any atom is 0.412 e. The lowest BCUT2D eigenvalue weighted by Gasteiger charge is -2.16. The van der Waals surface area contributed by atoms with E-state index in [1.807, 2.05) is 48.5 Å². The number of amides is 1. The van der Waals surface area contributed by atoms with Crippen LogP contribution in [0.3, 0.4) is 0 Å². The second kappa shape index (κ2) is 10.2. The minimum atomic E-state index is -0.524. The Labute approximate surface area is 212 Å². The molecule has 0 radical (unpaired) electrons. The molecule has 0 aliphatic carbocycles. The summed E-state index contributed by atoms with van der Waals surface area (Å²) in [5, 5.41) is 21.0. The lowest BCUT2D eigenvalue weighted by atomic mass is 9.93. The lowest BCUT2D eigenvalue weighted by molar-refractivity contribution is 0.157. The normalized spacial score (nSPS) is 12.2. The number of aromatic amines is 1. The van der Waals surface area contributed by atoms with Crippen LogP contribution in [0.4, 0.5) is 10.5 Å². The Bertz CT molecular complexity index is 1590. The second-order valence-electron chi connectivity index (χ2n) is 8.63. The zero-order valence-electron chi connectivity index (χ0n) is 20.5. The molecule has 3 aromatic carbocycles. The first-order valence-electron chi connectivity index (χ1n) is 11.9. The van der Waals surface area contributed by atoms with Crippen molar-refractivity contribution < 1.29 is 19.4 Å². The number of hydrogen-bond donors (Lipinski definition) is 3. The van der Waals surface area contributed by atoms with Crippen LogP contribution < -0.4 is 15.6 Å². The molecule has 3 N–H and O–H groups in total. The summed E-state index contributed by atoms with van der Waals surface area (Å²) in [7, 11) is 1.59. The number of methoxy groups -OCH3 is 1. The SMILES string of the molecule is CCOC(=O)NC1=Nc2cc(-c3cc(Cc4n[nH]c(=O)c5ccccc45)c(CO)cc3OC)ccc2C1. The molecule has 188 valence electrons. The van der Waals surface area contributed by atoms with Gasteiger partial charge in [0.1, 0.15) is 11.6 Å². The van der Waals surface area contributed by atoms with E-state index in [0.29, 0.717) is 41.1 Å².